The fourth-order valence-corrected chi connectivity index (χ4v) is 6.73. The van der Waals surface area contributed by atoms with Crippen LogP contribution in [0.3, 0.4) is 0 Å². The Morgan fingerprint density at radius 2 is 1.60 bits per heavy atom. The van der Waals surface area contributed by atoms with Gasteiger partial charge in [-0.2, -0.15) is 4.36 Å². The normalized spacial score (nSPS) is 23.0. The molecule has 0 spiro atoms. The van der Waals surface area contributed by atoms with Crippen molar-refractivity contribution in [2.75, 3.05) is 19.5 Å². The average Bonchev–Trinajstić information content (AvgIpc) is 3.70. The number of nitrogens with one attached hydrogen (secondary N) is 1. The molecule has 2 aromatic heterocycles. The van der Waals surface area contributed by atoms with Gasteiger partial charge in [-0.15, -0.1) is 0 Å². The summed E-state index contributed by atoms with van der Waals surface area (Å²) >= 11 is 0. The molecule has 0 saturated carbocycles. The Hall–Kier alpha value is -4.09. The number of ether oxygens (including phenoxy) is 3. The van der Waals surface area contributed by atoms with E-state index < -0.39 is 27.8 Å². The summed E-state index contributed by atoms with van der Waals surface area (Å²) in [6.45, 7) is 0.514. The highest BCUT2D eigenvalue weighted by Gasteiger charge is 2.48. The third kappa shape index (κ3) is 5.07. The van der Waals surface area contributed by atoms with Crippen LogP contribution in [0.2, 0.25) is 0 Å². The Bertz CT molecular complexity index is 1870. The van der Waals surface area contributed by atoms with Crippen molar-refractivity contribution in [3.63, 3.8) is 0 Å². The molecule has 0 unspecified atom stereocenters. The van der Waals surface area contributed by atoms with Gasteiger partial charge in [-0.3, -0.25) is 0 Å². The molecule has 214 valence electrons. The lowest BCUT2D eigenvalue weighted by Gasteiger charge is -2.16. The van der Waals surface area contributed by atoms with Gasteiger partial charge >= 0.3 is 0 Å². The van der Waals surface area contributed by atoms with E-state index in [1.54, 1.807) is 12.3 Å². The maximum atomic E-state index is 15.1. The van der Waals surface area contributed by atoms with Gasteiger partial charge in [-0.05, 0) is 35.4 Å². The largest absolute Gasteiger partial charge is 0.470 e. The molecular formula is C32H28FN3O5S. The van der Waals surface area contributed by atoms with Crippen LogP contribution >= 0.6 is 0 Å². The first-order valence-electron chi connectivity index (χ1n) is 13.6. The second kappa shape index (κ2) is 10.6. The first-order chi connectivity index (χ1) is 20.3. The fourth-order valence-electron chi connectivity index (χ4n) is 5.44. The minimum absolute atomic E-state index is 0.217. The van der Waals surface area contributed by atoms with Gasteiger partial charge in [0, 0.05) is 28.8 Å². The second-order valence-electron chi connectivity index (χ2n) is 10.5. The van der Waals surface area contributed by atoms with Gasteiger partial charge in [-0.25, -0.2) is 13.6 Å². The van der Waals surface area contributed by atoms with Gasteiger partial charge in [-0.1, -0.05) is 54.6 Å². The van der Waals surface area contributed by atoms with Crippen LogP contribution in [0.5, 0.6) is 5.88 Å². The first kappa shape index (κ1) is 26.8. The van der Waals surface area contributed by atoms with Crippen LogP contribution in [-0.4, -0.2) is 63.2 Å². The number of rotatable bonds is 6. The van der Waals surface area contributed by atoms with Crippen molar-refractivity contribution in [3.05, 3.63) is 96.8 Å². The van der Waals surface area contributed by atoms with Crippen LogP contribution in [0.25, 0.3) is 33.4 Å². The molecule has 3 aromatic carbocycles. The molecule has 5 atom stereocenters. The van der Waals surface area contributed by atoms with Gasteiger partial charge in [0.05, 0.1) is 39.7 Å². The number of H-pyrrole nitrogens is 1. The van der Waals surface area contributed by atoms with Crippen molar-refractivity contribution < 1.29 is 27.9 Å². The molecule has 42 heavy (non-hydrogen) atoms. The molecule has 0 radical (unpaired) electrons. The van der Waals surface area contributed by atoms with Crippen molar-refractivity contribution in [2.45, 2.75) is 29.3 Å². The zero-order valence-electron chi connectivity index (χ0n) is 22.6. The van der Waals surface area contributed by atoms with Crippen LogP contribution < -0.4 is 4.74 Å². The SMILES string of the molecule is C[S@](=O)(=Nc1ccc(-c2ccc(-c3nc4cc(O[C@@H]5CO[C@H]6[C@@H]5OC[C@H]6O)[nH]c4cc3F)cc2)cc1)c1ccccc1. The lowest BCUT2D eigenvalue weighted by Crippen LogP contribution is -2.34. The van der Waals surface area contributed by atoms with Crippen molar-refractivity contribution in [1.29, 1.82) is 0 Å². The van der Waals surface area contributed by atoms with E-state index >= 15 is 4.39 Å². The smallest absolute Gasteiger partial charge is 0.193 e. The van der Waals surface area contributed by atoms with Crippen LogP contribution in [0.4, 0.5) is 10.1 Å². The summed E-state index contributed by atoms with van der Waals surface area (Å²) in [7, 11) is -2.55. The van der Waals surface area contributed by atoms with E-state index in [1.807, 2.05) is 78.9 Å². The zero-order chi connectivity index (χ0) is 28.8. The van der Waals surface area contributed by atoms with Gasteiger partial charge in [0.15, 0.2) is 17.8 Å². The molecule has 0 bridgehead atoms. The molecule has 2 aliphatic rings. The van der Waals surface area contributed by atoms with Gasteiger partial charge in [0.25, 0.3) is 0 Å². The summed E-state index contributed by atoms with van der Waals surface area (Å²) < 4.78 is 50.0. The topological polar surface area (TPSA) is 106 Å². The number of aromatic amines is 1. The monoisotopic (exact) mass is 585 g/mol. The Kier molecular flexibility index (Phi) is 6.78. The van der Waals surface area contributed by atoms with E-state index in [9.17, 15) is 9.32 Å². The quantitative estimate of drug-likeness (QED) is 0.264. The predicted molar refractivity (Wildman–Crippen MR) is 158 cm³/mol. The molecule has 0 aliphatic carbocycles. The van der Waals surface area contributed by atoms with Crippen LogP contribution in [-0.2, 0) is 19.2 Å². The lowest BCUT2D eigenvalue weighted by atomic mass is 10.0. The van der Waals surface area contributed by atoms with Crippen molar-refractivity contribution in [3.8, 4) is 28.3 Å². The van der Waals surface area contributed by atoms with Crippen LogP contribution in [0.15, 0.2) is 100 Å². The van der Waals surface area contributed by atoms with Gasteiger partial charge in [0.1, 0.15) is 24.0 Å². The molecule has 2 N–H and O–H groups in total. The Balaban J connectivity index is 1.09. The summed E-state index contributed by atoms with van der Waals surface area (Å²) in [6.07, 6.45) is -0.150. The number of benzene rings is 3. The summed E-state index contributed by atoms with van der Waals surface area (Å²) in [5, 5.41) is 9.95. The maximum Gasteiger partial charge on any atom is 0.193 e. The Labute approximate surface area is 242 Å². The van der Waals surface area contributed by atoms with E-state index in [1.165, 1.54) is 6.07 Å². The minimum atomic E-state index is -2.55. The molecule has 2 aliphatic heterocycles. The highest BCUT2D eigenvalue weighted by molar-refractivity contribution is 7.93. The number of pyridine rings is 1. The van der Waals surface area contributed by atoms with E-state index in [4.69, 9.17) is 14.2 Å². The number of hydrogen-bond donors (Lipinski definition) is 2. The number of nitrogens with zero attached hydrogens (tertiary/aromatic N) is 2. The molecular weight excluding hydrogens is 557 g/mol. The Morgan fingerprint density at radius 3 is 2.33 bits per heavy atom. The van der Waals surface area contributed by atoms with E-state index in [0.29, 0.717) is 39.7 Å². The summed E-state index contributed by atoms with van der Waals surface area (Å²) in [4.78, 5) is 8.32. The molecule has 10 heteroatoms. The third-order valence-electron chi connectivity index (χ3n) is 7.61. The fraction of sp³-hybridized carbons (Fsp3) is 0.219. The van der Waals surface area contributed by atoms with Gasteiger partial charge < -0.3 is 24.3 Å². The highest BCUT2D eigenvalue weighted by Crippen LogP contribution is 2.33. The number of aliphatic hydroxyl groups is 1. The standard InChI is InChI=1S/C32H28FN3O5S/c1-42(38,23-5-3-2-4-6-23)36-22-13-11-20(12-14-22)19-7-9-21(10-8-19)30-24(33)15-25-26(35-30)16-29(34-25)41-28-18-40-31-27(37)17-39-32(28)31/h2-16,27-28,31-32,34,37H,17-18H2,1H3/t27-,28-,31-,32-,42-/m1/s1. The summed E-state index contributed by atoms with van der Waals surface area (Å²) in [5.74, 6) is -0.0239. The number of aromatic nitrogens is 2. The van der Waals surface area contributed by atoms with Crippen molar-refractivity contribution in [2.24, 2.45) is 4.36 Å². The predicted octanol–water partition coefficient (Wildman–Crippen LogP) is 5.73. The minimum Gasteiger partial charge on any atom is -0.470 e. The average molecular weight is 586 g/mol. The highest BCUT2D eigenvalue weighted by atomic mass is 32.2. The summed E-state index contributed by atoms with van der Waals surface area (Å²) in [5.41, 5.74) is 4.49. The molecule has 7 rings (SSSR count). The van der Waals surface area contributed by atoms with Crippen molar-refractivity contribution >= 4 is 26.4 Å². The number of hydrogen-bond acceptors (Lipinski definition) is 7. The van der Waals surface area contributed by atoms with E-state index in [-0.39, 0.29) is 24.5 Å². The molecule has 4 heterocycles. The number of aliphatic hydroxyl groups excluding tert-OH is 1. The lowest BCUT2D eigenvalue weighted by molar-refractivity contribution is 0.00794. The van der Waals surface area contributed by atoms with E-state index in [2.05, 4.69) is 14.3 Å². The Morgan fingerprint density at radius 1 is 0.929 bits per heavy atom. The van der Waals surface area contributed by atoms with Crippen LogP contribution in [0, 0.1) is 5.82 Å². The second-order valence-corrected chi connectivity index (χ2v) is 12.8. The maximum absolute atomic E-state index is 15.1. The third-order valence-corrected chi connectivity index (χ3v) is 9.32. The van der Waals surface area contributed by atoms with E-state index in [0.717, 1.165) is 11.1 Å². The molecule has 8 nitrogen and oxygen atoms in total. The first-order valence-corrected chi connectivity index (χ1v) is 15.5. The molecule has 0 amide bonds. The van der Waals surface area contributed by atoms with Crippen LogP contribution in [0.1, 0.15) is 0 Å². The summed E-state index contributed by atoms with van der Waals surface area (Å²) in [6, 6.07) is 27.4. The van der Waals surface area contributed by atoms with Crippen molar-refractivity contribution in [1.82, 2.24) is 9.97 Å². The molecule has 5 aromatic rings. The molecule has 2 fully saturated rings. The number of fused-ring (bicyclic) bond motifs is 2. The zero-order valence-corrected chi connectivity index (χ0v) is 23.5. The number of halogens is 1. The molecule has 2 saturated heterocycles. The van der Waals surface area contributed by atoms with Gasteiger partial charge in [0.2, 0.25) is 0 Å².